The molecule has 0 amide bonds. The van der Waals surface area contributed by atoms with Crippen molar-refractivity contribution in [1.29, 1.82) is 0 Å². The molecule has 0 spiro atoms. The Kier molecular flexibility index (Phi) is 12.1. The first-order chi connectivity index (χ1) is 41.0. The smallest absolute Gasteiger partial charge is 0.160 e. The predicted octanol–water partition coefficient (Wildman–Crippen LogP) is 20.6. The predicted molar refractivity (Wildman–Crippen MR) is 350 cm³/mol. The summed E-state index contributed by atoms with van der Waals surface area (Å²) in [7, 11) is 0. The molecule has 0 radical (unpaired) electrons. The molecule has 5 heteroatoms. The zero-order valence-corrected chi connectivity index (χ0v) is 46.1. The first-order valence-corrected chi connectivity index (χ1v) is 28.4. The van der Waals surface area contributed by atoms with Gasteiger partial charge in [-0.1, -0.05) is 219 Å². The largest absolute Gasteiger partial charge is 0.309 e. The van der Waals surface area contributed by atoms with Crippen molar-refractivity contribution in [3.8, 4) is 73.1 Å². The van der Waals surface area contributed by atoms with Crippen LogP contribution in [0.3, 0.4) is 0 Å². The van der Waals surface area contributed by atoms with Gasteiger partial charge < -0.3 is 13.7 Å². The second-order valence-corrected chi connectivity index (χ2v) is 21.4. The molecule has 0 N–H and O–H groups in total. The van der Waals surface area contributed by atoms with Crippen LogP contribution in [0.15, 0.2) is 292 Å². The Labute approximate surface area is 482 Å². The van der Waals surface area contributed by atoms with E-state index in [1.807, 2.05) is 18.2 Å². The van der Waals surface area contributed by atoms with Crippen molar-refractivity contribution in [2.45, 2.75) is 13.8 Å². The minimum Gasteiger partial charge on any atom is -0.309 e. The summed E-state index contributed by atoms with van der Waals surface area (Å²) in [4.78, 5) is 10.9. The lowest BCUT2D eigenvalue weighted by molar-refractivity contribution is 1.14. The fraction of sp³-hybridized carbons (Fsp3) is 0.0256. The van der Waals surface area contributed by atoms with Crippen LogP contribution in [-0.4, -0.2) is 23.7 Å². The molecule has 0 aliphatic carbocycles. The molecule has 4 heterocycles. The number of allylic oxidation sites excluding steroid dienone is 5. The number of aryl methyl sites for hydroxylation is 1. The molecular formula is C78H55N5. The molecule has 0 aliphatic heterocycles. The van der Waals surface area contributed by atoms with Crippen molar-refractivity contribution in [2.75, 3.05) is 0 Å². The van der Waals surface area contributed by atoms with Gasteiger partial charge in [0.2, 0.25) is 0 Å². The van der Waals surface area contributed by atoms with Gasteiger partial charge in [-0.2, -0.15) is 0 Å². The molecule has 392 valence electrons. The van der Waals surface area contributed by atoms with Crippen molar-refractivity contribution < 1.29 is 0 Å². The summed E-state index contributed by atoms with van der Waals surface area (Å²) < 4.78 is 7.47. The van der Waals surface area contributed by atoms with Crippen LogP contribution in [0.1, 0.15) is 18.2 Å². The molecule has 83 heavy (non-hydrogen) atoms. The number of hydrogen-bond donors (Lipinski definition) is 0. The van der Waals surface area contributed by atoms with Gasteiger partial charge in [-0.3, -0.25) is 0 Å². The standard InChI is InChI=1S/C78H55N5/c1-4-5-7-27-52(3)67-50-68(80-78(79-67)53-28-8-6-9-29-53)55-48-65(62-36-17-23-42-73(62)81-69-38-19-12-31-57(69)58-32-13-20-39-70(58)81)77(83-75-44-25-16-35-61(75)64-47-54(45-46-76(64)83)56-30-11-10-26-51(56)2)66(49-55)63-37-18-24-43-74(63)82-71-40-21-14-33-59(71)60-34-15-22-41-72(60)82/h4-50H,1H2,2-3H3/b7-5-,52-27+. The number of fused-ring (bicyclic) bond motifs is 9. The van der Waals surface area contributed by atoms with Gasteiger partial charge >= 0.3 is 0 Å². The van der Waals surface area contributed by atoms with Crippen LogP contribution in [0.25, 0.3) is 144 Å². The van der Waals surface area contributed by atoms with Gasteiger partial charge in [-0.25, -0.2) is 9.97 Å². The Balaban J connectivity index is 1.13. The van der Waals surface area contributed by atoms with Crippen molar-refractivity contribution >= 4 is 71.0 Å². The maximum atomic E-state index is 5.58. The number of benzene rings is 11. The summed E-state index contributed by atoms with van der Waals surface area (Å²) in [5.41, 5.74) is 22.3. The van der Waals surface area contributed by atoms with Gasteiger partial charge in [0.25, 0.3) is 0 Å². The minimum absolute atomic E-state index is 0.647. The van der Waals surface area contributed by atoms with E-state index in [4.69, 9.17) is 9.97 Å². The summed E-state index contributed by atoms with van der Waals surface area (Å²) in [6, 6.07) is 95.1. The molecule has 0 saturated carbocycles. The molecule has 0 saturated heterocycles. The average Bonchev–Trinajstić information content (AvgIpc) is 3.56. The van der Waals surface area contributed by atoms with Gasteiger partial charge in [-0.15, -0.1) is 0 Å². The summed E-state index contributed by atoms with van der Waals surface area (Å²) in [6.07, 6.45) is 7.86. The van der Waals surface area contributed by atoms with Gasteiger partial charge in [0.05, 0.1) is 61.6 Å². The third-order valence-electron chi connectivity index (χ3n) is 16.5. The molecule has 0 bridgehead atoms. The van der Waals surface area contributed by atoms with Crippen LogP contribution in [-0.2, 0) is 0 Å². The van der Waals surface area contributed by atoms with E-state index in [9.17, 15) is 0 Å². The van der Waals surface area contributed by atoms with Crippen LogP contribution in [0, 0.1) is 6.92 Å². The highest BCUT2D eigenvalue weighted by molar-refractivity contribution is 6.14. The maximum absolute atomic E-state index is 5.58. The molecule has 4 aromatic heterocycles. The lowest BCUT2D eigenvalue weighted by Crippen LogP contribution is -2.06. The van der Waals surface area contributed by atoms with E-state index in [0.717, 1.165) is 101 Å². The Bertz CT molecular complexity index is 4850. The highest BCUT2D eigenvalue weighted by Crippen LogP contribution is 2.49. The van der Waals surface area contributed by atoms with E-state index in [1.165, 1.54) is 49.0 Å². The van der Waals surface area contributed by atoms with E-state index in [-0.39, 0.29) is 0 Å². The Morgan fingerprint density at radius 3 is 1.34 bits per heavy atom. The first-order valence-electron chi connectivity index (χ1n) is 28.4. The Morgan fingerprint density at radius 2 is 0.807 bits per heavy atom. The summed E-state index contributed by atoms with van der Waals surface area (Å²) in [5, 5.41) is 7.15. The molecule has 15 aromatic rings. The van der Waals surface area contributed by atoms with Crippen molar-refractivity contribution in [2.24, 2.45) is 0 Å². The van der Waals surface area contributed by atoms with E-state index in [0.29, 0.717) is 5.82 Å². The molecule has 11 aromatic carbocycles. The minimum atomic E-state index is 0.647. The average molecular weight is 1060 g/mol. The van der Waals surface area contributed by atoms with Gasteiger partial charge in [0.1, 0.15) is 0 Å². The van der Waals surface area contributed by atoms with Crippen LogP contribution >= 0.6 is 0 Å². The van der Waals surface area contributed by atoms with Crippen molar-refractivity contribution in [3.63, 3.8) is 0 Å². The summed E-state index contributed by atoms with van der Waals surface area (Å²) in [6.45, 7) is 8.26. The lowest BCUT2D eigenvalue weighted by Gasteiger charge is -2.24. The van der Waals surface area contributed by atoms with E-state index in [2.05, 4.69) is 295 Å². The normalized spacial score (nSPS) is 12.0. The van der Waals surface area contributed by atoms with E-state index in [1.54, 1.807) is 6.08 Å². The quantitative estimate of drug-likeness (QED) is 0.121. The highest BCUT2D eigenvalue weighted by atomic mass is 15.0. The monoisotopic (exact) mass is 1060 g/mol. The lowest BCUT2D eigenvalue weighted by atomic mass is 9.90. The van der Waals surface area contributed by atoms with Crippen LogP contribution < -0.4 is 0 Å². The summed E-state index contributed by atoms with van der Waals surface area (Å²) >= 11 is 0. The van der Waals surface area contributed by atoms with Crippen molar-refractivity contribution in [1.82, 2.24) is 23.7 Å². The molecule has 0 fully saturated rings. The summed E-state index contributed by atoms with van der Waals surface area (Å²) in [5.74, 6) is 0.647. The molecule has 0 unspecified atom stereocenters. The first kappa shape index (κ1) is 49.2. The van der Waals surface area contributed by atoms with Crippen LogP contribution in [0.4, 0.5) is 0 Å². The number of aromatic nitrogens is 5. The highest BCUT2D eigenvalue weighted by Gasteiger charge is 2.27. The number of para-hydroxylation sites is 7. The SMILES string of the molecule is C=C/C=C\C=C(/C)c1cc(-c2cc(-c3ccccc3-n3c4ccccc4c4ccccc43)c(-n3c4ccccc4c4cc(-c5ccccc5C)ccc43)c(-c3ccccc3-n3c4ccccc4c4ccccc43)c2)nc(-c2ccccc2)n1. The third kappa shape index (κ3) is 8.24. The Hall–Kier alpha value is -10.9. The van der Waals surface area contributed by atoms with Gasteiger partial charge in [0.15, 0.2) is 5.82 Å². The van der Waals surface area contributed by atoms with E-state index >= 15 is 0 Å². The van der Waals surface area contributed by atoms with Crippen LogP contribution in [0.2, 0.25) is 0 Å². The fourth-order valence-electron chi connectivity index (χ4n) is 12.7. The van der Waals surface area contributed by atoms with Gasteiger partial charge in [0, 0.05) is 65.7 Å². The molecule has 15 rings (SSSR count). The zero-order valence-electron chi connectivity index (χ0n) is 46.1. The van der Waals surface area contributed by atoms with Crippen LogP contribution in [0.5, 0.6) is 0 Å². The molecular weight excluding hydrogens is 1010 g/mol. The second kappa shape index (κ2) is 20.3. The number of nitrogens with zero attached hydrogens (tertiary/aromatic N) is 5. The maximum Gasteiger partial charge on any atom is 0.160 e. The number of hydrogen-bond acceptors (Lipinski definition) is 2. The molecule has 5 nitrogen and oxygen atoms in total. The second-order valence-electron chi connectivity index (χ2n) is 21.4. The molecule has 0 aliphatic rings. The van der Waals surface area contributed by atoms with Gasteiger partial charge in [-0.05, 0) is 109 Å². The molecule has 0 atom stereocenters. The van der Waals surface area contributed by atoms with E-state index < -0.39 is 0 Å². The van der Waals surface area contributed by atoms with Crippen molar-refractivity contribution in [3.05, 3.63) is 303 Å². The Morgan fingerprint density at radius 1 is 0.361 bits per heavy atom. The number of rotatable bonds is 11. The third-order valence-corrected chi connectivity index (χ3v) is 16.5. The topological polar surface area (TPSA) is 40.6 Å². The zero-order chi connectivity index (χ0) is 55.5. The fourth-order valence-corrected chi connectivity index (χ4v) is 12.7.